The monoisotopic (exact) mass is 163 g/mol. The van der Waals surface area contributed by atoms with E-state index in [1.54, 1.807) is 0 Å². The van der Waals surface area contributed by atoms with Crippen LogP contribution < -0.4 is 0 Å². The summed E-state index contributed by atoms with van der Waals surface area (Å²) in [5.41, 5.74) is 0. The van der Waals surface area contributed by atoms with Crippen molar-refractivity contribution in [2.45, 2.75) is 32.6 Å². The summed E-state index contributed by atoms with van der Waals surface area (Å²) < 4.78 is 0. The molecule has 0 amide bonds. The van der Waals surface area contributed by atoms with Crippen LogP contribution >= 0.6 is 0 Å². The summed E-state index contributed by atoms with van der Waals surface area (Å²) in [5, 5.41) is 0. The third-order valence-electron chi connectivity index (χ3n) is 1.57. The van der Waals surface area contributed by atoms with Gasteiger partial charge in [0.15, 0.2) is 0 Å². The molecule has 0 aliphatic carbocycles. The van der Waals surface area contributed by atoms with Crippen molar-refractivity contribution in [1.82, 2.24) is 0 Å². The molecule has 0 bridgehead atoms. The minimum Gasteiger partial charge on any atom is -0.0917 e. The Kier molecular flexibility index (Phi) is 10.0. The molecular formula is C12H19. The molecule has 0 heteroatoms. The van der Waals surface area contributed by atoms with Crippen molar-refractivity contribution >= 4 is 0 Å². The first-order chi connectivity index (χ1) is 5.91. The van der Waals surface area contributed by atoms with Gasteiger partial charge < -0.3 is 0 Å². The van der Waals surface area contributed by atoms with Crippen molar-refractivity contribution < 1.29 is 0 Å². The van der Waals surface area contributed by atoms with E-state index in [1.807, 2.05) is 6.42 Å². The highest BCUT2D eigenvalue weighted by atomic mass is 13.9. The fraction of sp³-hybridized carbons (Fsp3) is 0.417. The molecule has 0 saturated heterocycles. The quantitative estimate of drug-likeness (QED) is 0.394. The molecule has 3 radical (unpaired) electrons. The van der Waals surface area contributed by atoms with Gasteiger partial charge in [0.2, 0.25) is 0 Å². The molecule has 0 unspecified atom stereocenters. The zero-order valence-corrected chi connectivity index (χ0v) is 8.00. The van der Waals surface area contributed by atoms with E-state index in [-0.39, 0.29) is 0 Å². The first kappa shape index (κ1) is 11.5. The van der Waals surface area contributed by atoms with Gasteiger partial charge in [0.05, 0.1) is 0 Å². The summed E-state index contributed by atoms with van der Waals surface area (Å²) in [5.74, 6) is 0. The highest BCUT2D eigenvalue weighted by Crippen LogP contribution is 1.99. The van der Waals surface area contributed by atoms with E-state index in [0.29, 0.717) is 0 Å². The van der Waals surface area contributed by atoms with Gasteiger partial charge in [-0.05, 0) is 52.4 Å². The van der Waals surface area contributed by atoms with E-state index in [1.165, 1.54) is 6.42 Å². The van der Waals surface area contributed by atoms with Gasteiger partial charge in [0.25, 0.3) is 0 Å². The summed E-state index contributed by atoms with van der Waals surface area (Å²) in [7, 11) is 0. The van der Waals surface area contributed by atoms with Crippen molar-refractivity contribution in [3.05, 3.63) is 44.1 Å². The highest BCUT2D eigenvalue weighted by Gasteiger charge is 1.81. The number of hydrogen-bond acceptors (Lipinski definition) is 0. The van der Waals surface area contributed by atoms with Gasteiger partial charge in [-0.25, -0.2) is 0 Å². The molecular weight excluding hydrogens is 144 g/mol. The lowest BCUT2D eigenvalue weighted by Crippen LogP contribution is -1.73. The standard InChI is InChI=1S/C12H19/c1-3-5-7-9-11-12-10-8-6-4-2/h3-6,11-12H,1,7-10H2,2H3/b6-4-,12-11+. The Labute approximate surface area is 77.4 Å². The van der Waals surface area contributed by atoms with Gasteiger partial charge >= 0.3 is 0 Å². The average molecular weight is 163 g/mol. The van der Waals surface area contributed by atoms with Crippen LogP contribution in [0.1, 0.15) is 32.6 Å². The number of unbranched alkanes of at least 4 members (excludes halogenated alkanes) is 4. The van der Waals surface area contributed by atoms with Gasteiger partial charge in [0, 0.05) is 0 Å². The van der Waals surface area contributed by atoms with Crippen LogP contribution in [0.5, 0.6) is 0 Å². The molecule has 12 heavy (non-hydrogen) atoms. The second kappa shape index (κ2) is 10.5. The Bertz CT molecular complexity index is 120. The van der Waals surface area contributed by atoms with Crippen LogP contribution in [0.2, 0.25) is 0 Å². The molecule has 0 heterocycles. The van der Waals surface area contributed by atoms with Gasteiger partial charge in [-0.1, -0.05) is 24.3 Å². The summed E-state index contributed by atoms with van der Waals surface area (Å²) in [4.78, 5) is 0. The van der Waals surface area contributed by atoms with E-state index in [4.69, 9.17) is 0 Å². The van der Waals surface area contributed by atoms with Gasteiger partial charge in [-0.2, -0.15) is 0 Å². The largest absolute Gasteiger partial charge is 0.0917 e. The van der Waals surface area contributed by atoms with E-state index < -0.39 is 0 Å². The minimum atomic E-state index is 1.11. The first-order valence-corrected chi connectivity index (χ1v) is 4.62. The number of hydrogen-bond donors (Lipinski definition) is 0. The molecule has 0 spiro atoms. The van der Waals surface area contributed by atoms with E-state index in [9.17, 15) is 0 Å². The first-order valence-electron chi connectivity index (χ1n) is 4.62. The molecule has 0 atom stereocenters. The SMILES string of the molecule is [CH2][CH][CH]CC/C=C/CC/C=C\C. The van der Waals surface area contributed by atoms with Crippen LogP contribution in [0.4, 0.5) is 0 Å². The highest BCUT2D eigenvalue weighted by molar-refractivity contribution is 4.91. The lowest BCUT2D eigenvalue weighted by molar-refractivity contribution is 0.967. The Morgan fingerprint density at radius 2 is 1.50 bits per heavy atom. The van der Waals surface area contributed by atoms with Crippen LogP contribution in [0.15, 0.2) is 24.3 Å². The summed E-state index contributed by atoms with van der Waals surface area (Å²) in [6.45, 7) is 5.69. The predicted molar refractivity (Wildman–Crippen MR) is 56.4 cm³/mol. The Morgan fingerprint density at radius 3 is 2.08 bits per heavy atom. The maximum absolute atomic E-state index is 3.63. The summed E-state index contributed by atoms with van der Waals surface area (Å²) in [6.07, 6.45) is 17.3. The molecule has 0 aliphatic rings. The second-order valence-electron chi connectivity index (χ2n) is 2.67. The minimum absolute atomic E-state index is 1.11. The molecule has 0 fully saturated rings. The molecule has 67 valence electrons. The smallest absolute Gasteiger partial charge is 0.0316 e. The van der Waals surface area contributed by atoms with Crippen molar-refractivity contribution in [2.24, 2.45) is 0 Å². The molecule has 0 N–H and O–H groups in total. The summed E-state index contributed by atoms with van der Waals surface area (Å²) >= 11 is 0. The van der Waals surface area contributed by atoms with Crippen LogP contribution in [0, 0.1) is 19.8 Å². The topological polar surface area (TPSA) is 0 Å². The van der Waals surface area contributed by atoms with Crippen molar-refractivity contribution in [3.63, 3.8) is 0 Å². The lowest BCUT2D eigenvalue weighted by Gasteiger charge is -1.90. The van der Waals surface area contributed by atoms with Gasteiger partial charge in [-0.15, -0.1) is 0 Å². The van der Waals surface area contributed by atoms with E-state index in [2.05, 4.69) is 44.6 Å². The molecule has 0 aromatic carbocycles. The number of allylic oxidation sites excluding steroid dienone is 4. The Balaban J connectivity index is 3.03. The predicted octanol–water partition coefficient (Wildman–Crippen LogP) is 3.92. The molecule has 0 nitrogen and oxygen atoms in total. The van der Waals surface area contributed by atoms with Crippen LogP contribution in [0.3, 0.4) is 0 Å². The third-order valence-corrected chi connectivity index (χ3v) is 1.57. The van der Waals surface area contributed by atoms with Crippen LogP contribution in [0.25, 0.3) is 0 Å². The summed E-state index contributed by atoms with van der Waals surface area (Å²) in [6, 6.07) is 0. The molecule has 0 aromatic heterocycles. The molecule has 0 rings (SSSR count). The van der Waals surface area contributed by atoms with E-state index in [0.717, 1.165) is 19.3 Å². The Morgan fingerprint density at radius 1 is 0.917 bits per heavy atom. The molecule has 0 aromatic rings. The third kappa shape index (κ3) is 9.48. The van der Waals surface area contributed by atoms with Gasteiger partial charge in [0.1, 0.15) is 0 Å². The maximum Gasteiger partial charge on any atom is -0.0316 e. The number of rotatable bonds is 7. The zero-order chi connectivity index (χ0) is 9.07. The normalized spacial score (nSPS) is 11.8. The van der Waals surface area contributed by atoms with Crippen LogP contribution in [-0.2, 0) is 0 Å². The van der Waals surface area contributed by atoms with E-state index >= 15 is 0 Å². The van der Waals surface area contributed by atoms with Crippen molar-refractivity contribution in [3.8, 4) is 0 Å². The van der Waals surface area contributed by atoms with Crippen LogP contribution in [-0.4, -0.2) is 0 Å². The zero-order valence-electron chi connectivity index (χ0n) is 8.00. The molecule has 0 aliphatic heterocycles. The maximum atomic E-state index is 3.63. The molecule has 0 saturated carbocycles. The lowest BCUT2D eigenvalue weighted by atomic mass is 10.2. The van der Waals surface area contributed by atoms with Gasteiger partial charge in [-0.3, -0.25) is 0 Å². The second-order valence-corrected chi connectivity index (χ2v) is 2.67. The average Bonchev–Trinajstić information content (AvgIpc) is 2.10. The van der Waals surface area contributed by atoms with Crippen molar-refractivity contribution in [1.29, 1.82) is 0 Å². The fourth-order valence-corrected chi connectivity index (χ4v) is 0.905. The Hall–Kier alpha value is -0.520. The fourth-order valence-electron chi connectivity index (χ4n) is 0.905. The van der Waals surface area contributed by atoms with Crippen molar-refractivity contribution in [2.75, 3.05) is 0 Å².